The maximum atomic E-state index is 12.5. The van der Waals surface area contributed by atoms with Gasteiger partial charge in [-0.3, -0.25) is 9.98 Å². The second kappa shape index (κ2) is 12.0. The van der Waals surface area contributed by atoms with Crippen molar-refractivity contribution in [1.82, 2.24) is 19.7 Å². The number of rotatable bonds is 6. The summed E-state index contributed by atoms with van der Waals surface area (Å²) >= 11 is 0. The summed E-state index contributed by atoms with van der Waals surface area (Å²) in [5.41, 5.74) is 0.454. The highest BCUT2D eigenvalue weighted by atomic mass is 127. The van der Waals surface area contributed by atoms with Gasteiger partial charge in [0.15, 0.2) is 5.96 Å². The van der Waals surface area contributed by atoms with Gasteiger partial charge in [-0.05, 0) is 38.8 Å². The molecule has 0 atom stereocenters. The van der Waals surface area contributed by atoms with Crippen LogP contribution in [0.4, 0.5) is 4.79 Å². The van der Waals surface area contributed by atoms with Gasteiger partial charge >= 0.3 is 6.09 Å². The predicted octanol–water partition coefficient (Wildman–Crippen LogP) is 3.31. The first-order chi connectivity index (χ1) is 12.1. The minimum Gasteiger partial charge on any atom is -0.444 e. The number of pyridine rings is 1. The summed E-state index contributed by atoms with van der Waals surface area (Å²) in [6.07, 6.45) is 3.93. The van der Waals surface area contributed by atoms with E-state index in [0.29, 0.717) is 19.6 Å². The van der Waals surface area contributed by atoms with Crippen LogP contribution in [0.5, 0.6) is 0 Å². The molecule has 8 heteroatoms. The SMILES string of the molecule is CN(C)C(=NCCCN(Cc1cccnc1)C(=O)OC(C)(C)C)N(C)C.I. The van der Waals surface area contributed by atoms with E-state index >= 15 is 0 Å². The van der Waals surface area contributed by atoms with Gasteiger partial charge in [-0.25, -0.2) is 4.79 Å². The van der Waals surface area contributed by atoms with Crippen LogP contribution in [0.2, 0.25) is 0 Å². The van der Waals surface area contributed by atoms with Gasteiger partial charge in [-0.15, -0.1) is 24.0 Å². The quantitative estimate of drug-likeness (QED) is 0.265. The van der Waals surface area contributed by atoms with Crippen molar-refractivity contribution in [1.29, 1.82) is 0 Å². The van der Waals surface area contributed by atoms with E-state index in [1.807, 2.05) is 70.9 Å². The fraction of sp³-hybridized carbons (Fsp3) is 0.632. The first-order valence-electron chi connectivity index (χ1n) is 8.86. The molecule has 27 heavy (non-hydrogen) atoms. The molecular weight excluding hydrogens is 457 g/mol. The molecule has 1 heterocycles. The van der Waals surface area contributed by atoms with Crippen LogP contribution in [-0.4, -0.2) is 78.6 Å². The molecule has 0 aromatic carbocycles. The molecule has 0 saturated heterocycles. The normalized spacial score (nSPS) is 10.5. The number of ether oxygens (including phenoxy) is 1. The summed E-state index contributed by atoms with van der Waals surface area (Å²) < 4.78 is 5.54. The Labute approximate surface area is 180 Å². The number of aliphatic imine (C=N–C) groups is 1. The standard InChI is InChI=1S/C19H33N5O2.HI/c1-19(2,3)26-18(25)24(15-16-10-8-11-20-14-16)13-9-12-21-17(22(4)5)23(6)7;/h8,10-11,14H,9,12-13,15H2,1-7H3;1H. The maximum Gasteiger partial charge on any atom is 0.410 e. The lowest BCUT2D eigenvalue weighted by Crippen LogP contribution is -2.37. The Morgan fingerprint density at radius 3 is 2.30 bits per heavy atom. The van der Waals surface area contributed by atoms with Crippen LogP contribution in [0.15, 0.2) is 29.5 Å². The molecule has 0 aliphatic carbocycles. The largest absolute Gasteiger partial charge is 0.444 e. The van der Waals surface area contributed by atoms with E-state index in [1.165, 1.54) is 0 Å². The summed E-state index contributed by atoms with van der Waals surface area (Å²) in [4.78, 5) is 26.9. The molecule has 0 fully saturated rings. The Hall–Kier alpha value is -1.58. The van der Waals surface area contributed by atoms with Crippen molar-refractivity contribution in [2.45, 2.75) is 39.3 Å². The zero-order valence-electron chi connectivity index (χ0n) is 17.6. The van der Waals surface area contributed by atoms with Gasteiger partial charge in [0, 0.05) is 53.7 Å². The number of nitrogens with zero attached hydrogens (tertiary/aromatic N) is 5. The van der Waals surface area contributed by atoms with Gasteiger partial charge in [0.2, 0.25) is 0 Å². The third kappa shape index (κ3) is 10.4. The Balaban J connectivity index is 0.00000676. The fourth-order valence-electron chi connectivity index (χ4n) is 2.40. The van der Waals surface area contributed by atoms with E-state index in [0.717, 1.165) is 17.9 Å². The topological polar surface area (TPSA) is 61.3 Å². The summed E-state index contributed by atoms with van der Waals surface area (Å²) in [6.45, 7) is 7.30. The number of guanidine groups is 1. The van der Waals surface area contributed by atoms with Crippen LogP contribution < -0.4 is 0 Å². The third-order valence-electron chi connectivity index (χ3n) is 3.39. The Morgan fingerprint density at radius 2 is 1.81 bits per heavy atom. The maximum absolute atomic E-state index is 12.5. The minimum absolute atomic E-state index is 0. The molecule has 0 unspecified atom stereocenters. The van der Waals surface area contributed by atoms with E-state index in [-0.39, 0.29) is 30.1 Å². The van der Waals surface area contributed by atoms with Crippen molar-refractivity contribution in [3.63, 3.8) is 0 Å². The zero-order valence-corrected chi connectivity index (χ0v) is 19.9. The van der Waals surface area contributed by atoms with Crippen molar-refractivity contribution in [3.05, 3.63) is 30.1 Å². The van der Waals surface area contributed by atoms with Crippen LogP contribution >= 0.6 is 24.0 Å². The lowest BCUT2D eigenvalue weighted by atomic mass is 10.2. The van der Waals surface area contributed by atoms with Gasteiger partial charge in [0.05, 0.1) is 6.54 Å². The van der Waals surface area contributed by atoms with Crippen LogP contribution in [0.25, 0.3) is 0 Å². The summed E-state index contributed by atoms with van der Waals surface area (Å²) in [5.74, 6) is 0.904. The van der Waals surface area contributed by atoms with Crippen molar-refractivity contribution in [3.8, 4) is 0 Å². The molecule has 0 aliphatic heterocycles. The van der Waals surface area contributed by atoms with Crippen LogP contribution in [0.3, 0.4) is 0 Å². The van der Waals surface area contributed by atoms with E-state index in [2.05, 4.69) is 9.98 Å². The molecular formula is C19H34IN5O2. The van der Waals surface area contributed by atoms with Crippen molar-refractivity contribution >= 4 is 36.0 Å². The molecule has 0 aliphatic rings. The van der Waals surface area contributed by atoms with E-state index in [1.54, 1.807) is 17.3 Å². The molecule has 1 aromatic heterocycles. The van der Waals surface area contributed by atoms with Gasteiger partial charge in [-0.2, -0.15) is 0 Å². The average molecular weight is 491 g/mol. The molecule has 1 amide bonds. The van der Waals surface area contributed by atoms with E-state index in [9.17, 15) is 4.79 Å². The average Bonchev–Trinajstić information content (AvgIpc) is 2.52. The second-order valence-electron chi connectivity index (χ2n) is 7.59. The molecule has 7 nitrogen and oxygen atoms in total. The first kappa shape index (κ1) is 25.4. The van der Waals surface area contributed by atoms with Crippen molar-refractivity contribution in [2.24, 2.45) is 4.99 Å². The molecule has 1 aromatic rings. The lowest BCUT2D eigenvalue weighted by Gasteiger charge is -2.27. The number of hydrogen-bond acceptors (Lipinski definition) is 4. The van der Waals surface area contributed by atoms with E-state index < -0.39 is 5.60 Å². The highest BCUT2D eigenvalue weighted by molar-refractivity contribution is 14.0. The number of halogens is 1. The molecule has 0 bridgehead atoms. The highest BCUT2D eigenvalue weighted by Crippen LogP contribution is 2.13. The van der Waals surface area contributed by atoms with Gasteiger partial charge < -0.3 is 19.4 Å². The van der Waals surface area contributed by atoms with Crippen molar-refractivity contribution in [2.75, 3.05) is 41.3 Å². The van der Waals surface area contributed by atoms with Crippen LogP contribution in [0, 0.1) is 0 Å². The number of carbonyl (C=O) groups excluding carboxylic acids is 1. The van der Waals surface area contributed by atoms with Crippen molar-refractivity contribution < 1.29 is 9.53 Å². The van der Waals surface area contributed by atoms with Crippen LogP contribution in [0.1, 0.15) is 32.8 Å². The van der Waals surface area contributed by atoms with E-state index in [4.69, 9.17) is 4.74 Å². The fourth-order valence-corrected chi connectivity index (χ4v) is 2.40. The smallest absolute Gasteiger partial charge is 0.410 e. The molecule has 0 spiro atoms. The first-order valence-corrected chi connectivity index (χ1v) is 8.86. The monoisotopic (exact) mass is 491 g/mol. The predicted molar refractivity (Wildman–Crippen MR) is 121 cm³/mol. The second-order valence-corrected chi connectivity index (χ2v) is 7.59. The lowest BCUT2D eigenvalue weighted by molar-refractivity contribution is 0.0232. The Morgan fingerprint density at radius 1 is 1.19 bits per heavy atom. The van der Waals surface area contributed by atoms with Gasteiger partial charge in [0.25, 0.3) is 0 Å². The minimum atomic E-state index is -0.522. The third-order valence-corrected chi connectivity index (χ3v) is 3.39. The molecule has 0 saturated carbocycles. The van der Waals surface area contributed by atoms with Crippen LogP contribution in [-0.2, 0) is 11.3 Å². The molecule has 1 rings (SSSR count). The molecule has 154 valence electrons. The molecule has 0 N–H and O–H groups in total. The summed E-state index contributed by atoms with van der Waals surface area (Å²) in [5, 5.41) is 0. The van der Waals surface area contributed by atoms with Gasteiger partial charge in [0.1, 0.15) is 5.60 Å². The highest BCUT2D eigenvalue weighted by Gasteiger charge is 2.22. The number of aromatic nitrogens is 1. The Bertz CT molecular complexity index is 576. The van der Waals surface area contributed by atoms with Gasteiger partial charge in [-0.1, -0.05) is 6.07 Å². The summed E-state index contributed by atoms with van der Waals surface area (Å²) in [6, 6.07) is 3.83. The molecule has 0 radical (unpaired) electrons. The number of hydrogen-bond donors (Lipinski definition) is 0. The number of amides is 1. The Kier molecular flexibility index (Phi) is 11.3. The summed E-state index contributed by atoms with van der Waals surface area (Å²) in [7, 11) is 7.87. The number of carbonyl (C=O) groups is 1. The zero-order chi connectivity index (χ0) is 19.7.